The molecular weight excluding hydrogens is 314 g/mol. The average Bonchev–Trinajstić information content (AvgIpc) is 2.52. The molecule has 22 heavy (non-hydrogen) atoms. The summed E-state index contributed by atoms with van der Waals surface area (Å²) in [6, 6.07) is 13.6. The van der Waals surface area contributed by atoms with Crippen LogP contribution in [0.1, 0.15) is 12.5 Å². The maximum Gasteiger partial charge on any atom is 0.203 e. The zero-order valence-corrected chi connectivity index (χ0v) is 14.0. The van der Waals surface area contributed by atoms with E-state index in [4.69, 9.17) is 11.6 Å². The second-order valence-corrected chi connectivity index (χ2v) is 6.74. The van der Waals surface area contributed by atoms with E-state index in [1.807, 2.05) is 30.5 Å². The van der Waals surface area contributed by atoms with E-state index in [0.29, 0.717) is 10.4 Å². The molecule has 0 fully saturated rings. The largest absolute Gasteiger partial charge is 0.346 e. The summed E-state index contributed by atoms with van der Waals surface area (Å²) in [6.45, 7) is 4.90. The van der Waals surface area contributed by atoms with Crippen LogP contribution in [-0.4, -0.2) is 4.57 Å². The number of aromatic nitrogens is 1. The van der Waals surface area contributed by atoms with Crippen LogP contribution in [0, 0.1) is 6.92 Å². The fraction of sp³-hybridized carbons (Fsp3) is 0.167. The molecule has 0 aliphatic rings. The highest BCUT2D eigenvalue weighted by molar-refractivity contribution is 7.99. The fourth-order valence-corrected chi connectivity index (χ4v) is 3.48. The molecule has 0 saturated carbocycles. The third-order valence-corrected chi connectivity index (χ3v) is 4.85. The van der Waals surface area contributed by atoms with Crippen molar-refractivity contribution in [2.24, 2.45) is 0 Å². The fourth-order valence-electron chi connectivity index (χ4n) is 2.40. The first-order chi connectivity index (χ1) is 10.6. The molecule has 0 saturated heterocycles. The summed E-state index contributed by atoms with van der Waals surface area (Å²) in [5, 5.41) is 1.36. The van der Waals surface area contributed by atoms with Gasteiger partial charge >= 0.3 is 0 Å². The lowest BCUT2D eigenvalue weighted by Gasteiger charge is -2.11. The van der Waals surface area contributed by atoms with E-state index in [0.717, 1.165) is 21.9 Å². The molecule has 1 heterocycles. The van der Waals surface area contributed by atoms with Gasteiger partial charge in [0.1, 0.15) is 0 Å². The molecule has 0 bridgehead atoms. The minimum Gasteiger partial charge on any atom is -0.346 e. The lowest BCUT2D eigenvalue weighted by atomic mass is 10.2. The van der Waals surface area contributed by atoms with Gasteiger partial charge in [0.2, 0.25) is 5.43 Å². The summed E-state index contributed by atoms with van der Waals surface area (Å²) in [5.74, 6) is 0. The Balaban J connectivity index is 2.14. The van der Waals surface area contributed by atoms with Gasteiger partial charge in [-0.15, -0.1) is 0 Å². The highest BCUT2D eigenvalue weighted by Crippen LogP contribution is 2.27. The van der Waals surface area contributed by atoms with Crippen molar-refractivity contribution in [3.8, 4) is 0 Å². The van der Waals surface area contributed by atoms with E-state index >= 15 is 0 Å². The Bertz CT molecular complexity index is 884. The van der Waals surface area contributed by atoms with Crippen LogP contribution in [0.4, 0.5) is 0 Å². The SMILES string of the molecule is CCn1cc(Sc2ccc(C)cc2)c(=O)c2ccc(Cl)cc21. The standard InChI is InChI=1S/C18H16ClNOS/c1-3-20-11-17(22-14-7-4-12(2)5-8-14)18(21)15-9-6-13(19)10-16(15)20/h4-11H,3H2,1-2H3. The van der Waals surface area contributed by atoms with Gasteiger partial charge in [-0.05, 0) is 44.2 Å². The molecule has 0 radical (unpaired) electrons. The van der Waals surface area contributed by atoms with Crippen LogP contribution in [0.15, 0.2) is 63.2 Å². The monoisotopic (exact) mass is 329 g/mol. The molecule has 3 aromatic rings. The van der Waals surface area contributed by atoms with Crippen molar-refractivity contribution in [1.29, 1.82) is 0 Å². The summed E-state index contributed by atoms with van der Waals surface area (Å²) in [4.78, 5) is 14.5. The molecule has 0 spiro atoms. The Morgan fingerprint density at radius 1 is 1.14 bits per heavy atom. The normalized spacial score (nSPS) is 11.0. The van der Waals surface area contributed by atoms with Crippen LogP contribution in [0.25, 0.3) is 10.9 Å². The third kappa shape index (κ3) is 2.92. The van der Waals surface area contributed by atoms with Crippen molar-refractivity contribution in [2.45, 2.75) is 30.2 Å². The Morgan fingerprint density at radius 2 is 1.86 bits per heavy atom. The summed E-state index contributed by atoms with van der Waals surface area (Å²) < 4.78 is 2.07. The van der Waals surface area contributed by atoms with Crippen LogP contribution in [0.5, 0.6) is 0 Å². The maximum absolute atomic E-state index is 12.7. The molecule has 0 amide bonds. The van der Waals surface area contributed by atoms with Gasteiger partial charge in [0.05, 0.1) is 10.4 Å². The molecule has 0 aliphatic heterocycles. The number of pyridine rings is 1. The van der Waals surface area contributed by atoms with Gasteiger partial charge in [0, 0.05) is 28.0 Å². The van der Waals surface area contributed by atoms with E-state index in [-0.39, 0.29) is 5.43 Å². The smallest absolute Gasteiger partial charge is 0.203 e. The summed E-state index contributed by atoms with van der Waals surface area (Å²) >= 11 is 7.57. The first kappa shape index (κ1) is 15.2. The van der Waals surface area contributed by atoms with Gasteiger partial charge in [-0.25, -0.2) is 0 Å². The van der Waals surface area contributed by atoms with E-state index in [9.17, 15) is 4.79 Å². The number of aryl methyl sites for hydroxylation is 2. The molecule has 0 atom stereocenters. The Labute approximate surface area is 138 Å². The van der Waals surface area contributed by atoms with Crippen molar-refractivity contribution in [3.05, 3.63) is 69.5 Å². The lowest BCUT2D eigenvalue weighted by molar-refractivity contribution is 0.775. The van der Waals surface area contributed by atoms with E-state index in [2.05, 4.69) is 30.5 Å². The minimum absolute atomic E-state index is 0.0574. The minimum atomic E-state index is 0.0574. The molecule has 3 rings (SSSR count). The highest BCUT2D eigenvalue weighted by Gasteiger charge is 2.10. The molecule has 0 unspecified atom stereocenters. The zero-order chi connectivity index (χ0) is 15.7. The van der Waals surface area contributed by atoms with Crippen molar-refractivity contribution >= 4 is 34.3 Å². The number of nitrogens with zero attached hydrogens (tertiary/aromatic N) is 1. The first-order valence-electron chi connectivity index (χ1n) is 7.15. The number of rotatable bonds is 3. The number of hydrogen-bond donors (Lipinski definition) is 0. The van der Waals surface area contributed by atoms with Crippen molar-refractivity contribution in [2.75, 3.05) is 0 Å². The predicted molar refractivity (Wildman–Crippen MR) is 94.2 cm³/mol. The van der Waals surface area contributed by atoms with E-state index in [1.54, 1.807) is 6.07 Å². The molecule has 2 nitrogen and oxygen atoms in total. The van der Waals surface area contributed by atoms with Crippen molar-refractivity contribution in [1.82, 2.24) is 4.57 Å². The predicted octanol–water partition coefficient (Wildman–Crippen LogP) is 5.13. The molecule has 0 aliphatic carbocycles. The number of halogens is 1. The zero-order valence-electron chi connectivity index (χ0n) is 12.5. The van der Waals surface area contributed by atoms with Crippen LogP contribution in [0.2, 0.25) is 5.02 Å². The Morgan fingerprint density at radius 3 is 2.55 bits per heavy atom. The maximum atomic E-state index is 12.7. The quantitative estimate of drug-likeness (QED) is 0.664. The molecule has 4 heteroatoms. The van der Waals surface area contributed by atoms with Gasteiger partial charge < -0.3 is 4.57 Å². The van der Waals surface area contributed by atoms with Crippen molar-refractivity contribution in [3.63, 3.8) is 0 Å². The summed E-state index contributed by atoms with van der Waals surface area (Å²) in [7, 11) is 0. The van der Waals surface area contributed by atoms with Gasteiger partial charge in [-0.2, -0.15) is 0 Å². The summed E-state index contributed by atoms with van der Waals surface area (Å²) in [5.41, 5.74) is 2.15. The second kappa shape index (κ2) is 6.19. The lowest BCUT2D eigenvalue weighted by Crippen LogP contribution is -2.11. The van der Waals surface area contributed by atoms with Crippen LogP contribution < -0.4 is 5.43 Å². The molecule has 2 aromatic carbocycles. The van der Waals surface area contributed by atoms with Crippen LogP contribution >= 0.6 is 23.4 Å². The topological polar surface area (TPSA) is 22.0 Å². The second-order valence-electron chi connectivity index (χ2n) is 5.19. The average molecular weight is 330 g/mol. The van der Waals surface area contributed by atoms with Crippen LogP contribution in [0.3, 0.4) is 0 Å². The molecule has 112 valence electrons. The molecular formula is C18H16ClNOS. The molecule has 1 aromatic heterocycles. The third-order valence-electron chi connectivity index (χ3n) is 3.60. The number of fused-ring (bicyclic) bond motifs is 1. The van der Waals surface area contributed by atoms with Gasteiger partial charge in [0.25, 0.3) is 0 Å². The summed E-state index contributed by atoms with van der Waals surface area (Å²) in [6.07, 6.45) is 1.92. The van der Waals surface area contributed by atoms with Gasteiger partial charge in [-0.3, -0.25) is 4.79 Å². The Kier molecular flexibility index (Phi) is 4.27. The van der Waals surface area contributed by atoms with Gasteiger partial charge in [0.15, 0.2) is 0 Å². The Hall–Kier alpha value is -1.71. The first-order valence-corrected chi connectivity index (χ1v) is 8.35. The number of hydrogen-bond acceptors (Lipinski definition) is 2. The van der Waals surface area contributed by atoms with Crippen LogP contribution in [-0.2, 0) is 6.54 Å². The number of benzene rings is 2. The highest BCUT2D eigenvalue weighted by atomic mass is 35.5. The van der Waals surface area contributed by atoms with Gasteiger partial charge in [-0.1, -0.05) is 41.1 Å². The van der Waals surface area contributed by atoms with Crippen molar-refractivity contribution < 1.29 is 0 Å². The molecule has 0 N–H and O–H groups in total. The van der Waals surface area contributed by atoms with E-state index < -0.39 is 0 Å². The van der Waals surface area contributed by atoms with E-state index in [1.165, 1.54) is 17.3 Å².